The molecule has 2 fully saturated rings. The summed E-state index contributed by atoms with van der Waals surface area (Å²) in [7, 11) is 0. The van der Waals surface area contributed by atoms with Gasteiger partial charge in [0.25, 0.3) is 0 Å². The zero-order valence-electron chi connectivity index (χ0n) is 20.2. The molecule has 1 aromatic carbocycles. The average molecular weight is 427 g/mol. The van der Waals surface area contributed by atoms with Crippen LogP contribution in [0.1, 0.15) is 134 Å². The second-order valence-corrected chi connectivity index (χ2v) is 10.7. The molecule has 31 heavy (non-hydrogen) atoms. The summed E-state index contributed by atoms with van der Waals surface area (Å²) in [5.74, 6) is 1.72. The number of carboxylic acids is 1. The third kappa shape index (κ3) is 6.36. The Morgan fingerprint density at radius 3 is 1.81 bits per heavy atom. The molecule has 0 bridgehead atoms. The smallest absolute Gasteiger partial charge is 0.314 e. The van der Waals surface area contributed by atoms with Gasteiger partial charge < -0.3 is 5.11 Å². The molecular formula is C29H46O2. The summed E-state index contributed by atoms with van der Waals surface area (Å²) in [5.41, 5.74) is 1.82. The fourth-order valence-electron chi connectivity index (χ4n) is 6.31. The number of rotatable bonds is 11. The number of carboxylic acid groups (broad SMARTS) is 1. The Balaban J connectivity index is 1.56. The van der Waals surface area contributed by atoms with E-state index in [9.17, 15) is 9.90 Å². The summed E-state index contributed by atoms with van der Waals surface area (Å²) in [6.07, 6.45) is 19.8. The topological polar surface area (TPSA) is 37.3 Å². The van der Waals surface area contributed by atoms with Gasteiger partial charge in [-0.2, -0.15) is 0 Å². The molecule has 0 aromatic heterocycles. The molecular weight excluding hydrogens is 380 g/mol. The second-order valence-electron chi connectivity index (χ2n) is 10.7. The molecule has 3 rings (SSSR count). The average Bonchev–Trinajstić information content (AvgIpc) is 2.80. The van der Waals surface area contributed by atoms with Crippen molar-refractivity contribution < 1.29 is 9.90 Å². The van der Waals surface area contributed by atoms with E-state index in [2.05, 4.69) is 38.1 Å². The van der Waals surface area contributed by atoms with Gasteiger partial charge in [0.2, 0.25) is 0 Å². The molecule has 2 nitrogen and oxygen atoms in total. The molecule has 2 aliphatic carbocycles. The highest BCUT2D eigenvalue weighted by molar-refractivity contribution is 5.81. The lowest BCUT2D eigenvalue weighted by Gasteiger charge is -2.37. The Hall–Kier alpha value is -1.31. The highest BCUT2D eigenvalue weighted by Crippen LogP contribution is 2.44. The summed E-state index contributed by atoms with van der Waals surface area (Å²) < 4.78 is 0. The van der Waals surface area contributed by atoms with Crippen LogP contribution >= 0.6 is 0 Å². The summed E-state index contributed by atoms with van der Waals surface area (Å²) >= 11 is 0. The van der Waals surface area contributed by atoms with Crippen molar-refractivity contribution in [1.29, 1.82) is 0 Å². The highest BCUT2D eigenvalue weighted by atomic mass is 16.4. The van der Waals surface area contributed by atoms with Crippen molar-refractivity contribution in [3.63, 3.8) is 0 Å². The van der Waals surface area contributed by atoms with Crippen LogP contribution in [0.15, 0.2) is 24.3 Å². The quantitative estimate of drug-likeness (QED) is 0.359. The molecule has 0 saturated heterocycles. The highest BCUT2D eigenvalue weighted by Gasteiger charge is 2.43. The van der Waals surface area contributed by atoms with E-state index < -0.39 is 11.4 Å². The number of unbranched alkanes of at least 4 members (excludes halogenated alkanes) is 4. The zero-order valence-corrected chi connectivity index (χ0v) is 20.2. The second kappa shape index (κ2) is 12.1. The van der Waals surface area contributed by atoms with Crippen LogP contribution in [0.4, 0.5) is 0 Å². The van der Waals surface area contributed by atoms with Crippen LogP contribution in [0.5, 0.6) is 0 Å². The van der Waals surface area contributed by atoms with Gasteiger partial charge in [-0.25, -0.2) is 0 Å². The van der Waals surface area contributed by atoms with Gasteiger partial charge in [-0.05, 0) is 80.2 Å². The third-order valence-corrected chi connectivity index (χ3v) is 8.58. The fourth-order valence-corrected chi connectivity index (χ4v) is 6.31. The van der Waals surface area contributed by atoms with E-state index in [-0.39, 0.29) is 0 Å². The first-order valence-electron chi connectivity index (χ1n) is 13.4. The van der Waals surface area contributed by atoms with Gasteiger partial charge in [-0.3, -0.25) is 4.79 Å². The SMILES string of the molecule is CCCCCC1CCC(c2ccc(C3(C(=O)O)CCC(CCCCC)CC3)cc2)CC1. The Morgan fingerprint density at radius 2 is 1.32 bits per heavy atom. The number of aliphatic carboxylic acids is 1. The predicted molar refractivity (Wildman–Crippen MR) is 131 cm³/mol. The van der Waals surface area contributed by atoms with Crippen LogP contribution in [0, 0.1) is 11.8 Å². The Kier molecular flexibility index (Phi) is 9.48. The van der Waals surface area contributed by atoms with Crippen LogP contribution in [-0.4, -0.2) is 11.1 Å². The molecule has 2 saturated carbocycles. The molecule has 0 unspecified atom stereocenters. The number of benzene rings is 1. The van der Waals surface area contributed by atoms with Crippen LogP contribution in [0.2, 0.25) is 0 Å². The first-order chi connectivity index (χ1) is 15.1. The van der Waals surface area contributed by atoms with Gasteiger partial charge in [0.05, 0.1) is 5.41 Å². The fraction of sp³-hybridized carbons (Fsp3) is 0.759. The molecule has 174 valence electrons. The van der Waals surface area contributed by atoms with E-state index in [0.29, 0.717) is 5.92 Å². The predicted octanol–water partition coefficient (Wildman–Crippen LogP) is 8.63. The molecule has 0 heterocycles. The van der Waals surface area contributed by atoms with E-state index in [4.69, 9.17) is 0 Å². The largest absolute Gasteiger partial charge is 0.481 e. The number of hydrogen-bond acceptors (Lipinski definition) is 1. The molecule has 1 aromatic rings. The van der Waals surface area contributed by atoms with Gasteiger partial charge in [-0.1, -0.05) is 89.5 Å². The Labute approximate surface area is 191 Å². The van der Waals surface area contributed by atoms with Crippen molar-refractivity contribution >= 4 is 5.97 Å². The molecule has 0 amide bonds. The molecule has 2 heteroatoms. The lowest BCUT2D eigenvalue weighted by molar-refractivity contribution is -0.145. The molecule has 0 atom stereocenters. The maximum Gasteiger partial charge on any atom is 0.314 e. The van der Waals surface area contributed by atoms with Crippen LogP contribution < -0.4 is 0 Å². The van der Waals surface area contributed by atoms with Crippen molar-refractivity contribution in [1.82, 2.24) is 0 Å². The van der Waals surface area contributed by atoms with Crippen molar-refractivity contribution in [2.75, 3.05) is 0 Å². The van der Waals surface area contributed by atoms with Crippen molar-refractivity contribution in [2.24, 2.45) is 11.8 Å². The van der Waals surface area contributed by atoms with E-state index in [1.807, 2.05) is 0 Å². The van der Waals surface area contributed by atoms with Crippen molar-refractivity contribution in [3.8, 4) is 0 Å². The van der Waals surface area contributed by atoms with Crippen LogP contribution in [0.25, 0.3) is 0 Å². The summed E-state index contributed by atoms with van der Waals surface area (Å²) in [4.78, 5) is 12.4. The monoisotopic (exact) mass is 426 g/mol. The summed E-state index contributed by atoms with van der Waals surface area (Å²) in [6.45, 7) is 4.54. The third-order valence-electron chi connectivity index (χ3n) is 8.58. The van der Waals surface area contributed by atoms with E-state index in [0.717, 1.165) is 43.1 Å². The maximum absolute atomic E-state index is 12.4. The van der Waals surface area contributed by atoms with Crippen LogP contribution in [-0.2, 0) is 10.2 Å². The number of carbonyl (C=O) groups is 1. The minimum absolute atomic E-state index is 0.611. The number of hydrogen-bond donors (Lipinski definition) is 1. The van der Waals surface area contributed by atoms with Gasteiger partial charge in [0, 0.05) is 0 Å². The zero-order chi connectivity index (χ0) is 22.1. The summed E-state index contributed by atoms with van der Waals surface area (Å²) in [5, 5.41) is 10.2. The van der Waals surface area contributed by atoms with E-state index >= 15 is 0 Å². The normalized spacial score (nSPS) is 29.0. The van der Waals surface area contributed by atoms with E-state index in [1.54, 1.807) is 0 Å². The molecule has 0 aliphatic heterocycles. The van der Waals surface area contributed by atoms with Gasteiger partial charge >= 0.3 is 5.97 Å². The molecule has 1 N–H and O–H groups in total. The minimum atomic E-state index is -0.656. The first kappa shape index (κ1) is 24.3. The van der Waals surface area contributed by atoms with Gasteiger partial charge in [0.1, 0.15) is 0 Å². The van der Waals surface area contributed by atoms with Crippen LogP contribution in [0.3, 0.4) is 0 Å². The van der Waals surface area contributed by atoms with Gasteiger partial charge in [-0.15, -0.1) is 0 Å². The van der Waals surface area contributed by atoms with Crippen molar-refractivity contribution in [3.05, 3.63) is 35.4 Å². The lowest BCUT2D eigenvalue weighted by Crippen LogP contribution is -2.39. The lowest BCUT2D eigenvalue weighted by atomic mass is 9.65. The summed E-state index contributed by atoms with van der Waals surface area (Å²) in [6, 6.07) is 8.84. The molecule has 0 radical (unpaired) electrons. The molecule has 2 aliphatic rings. The Bertz CT molecular complexity index is 646. The van der Waals surface area contributed by atoms with Gasteiger partial charge in [0.15, 0.2) is 0 Å². The standard InChI is InChI=1S/C29H46O2/c1-3-5-7-9-23-11-13-25(14-12-23)26-15-17-27(18-16-26)29(28(30)31)21-19-24(20-22-29)10-8-6-4-2/h15-18,23-25H,3-14,19-22H2,1-2H3,(H,30,31). The Morgan fingerprint density at radius 1 is 0.806 bits per heavy atom. The first-order valence-corrected chi connectivity index (χ1v) is 13.4. The molecule has 0 spiro atoms. The van der Waals surface area contributed by atoms with E-state index in [1.165, 1.54) is 82.6 Å². The minimum Gasteiger partial charge on any atom is -0.481 e. The maximum atomic E-state index is 12.4. The van der Waals surface area contributed by atoms with Crippen molar-refractivity contribution in [2.45, 2.75) is 128 Å².